The average molecular weight is 309 g/mol. The molecule has 0 aromatic carbocycles. The molecule has 0 bridgehead atoms. The summed E-state index contributed by atoms with van der Waals surface area (Å²) in [5.74, 6) is -1.70. The fourth-order valence-electron chi connectivity index (χ4n) is 1.98. The fraction of sp³-hybridized carbons (Fsp3) is 0.385. The van der Waals surface area contributed by atoms with Gasteiger partial charge >= 0.3 is 11.9 Å². The van der Waals surface area contributed by atoms with E-state index in [1.165, 1.54) is 17.7 Å². The molecule has 2 aromatic heterocycles. The van der Waals surface area contributed by atoms with Crippen molar-refractivity contribution in [2.24, 2.45) is 0 Å². The van der Waals surface area contributed by atoms with Gasteiger partial charge in [-0.3, -0.25) is 4.79 Å². The first-order valence-corrected chi connectivity index (χ1v) is 7.13. The quantitative estimate of drug-likeness (QED) is 0.748. The number of aryl methyl sites for hydroxylation is 2. The lowest BCUT2D eigenvalue weighted by Crippen LogP contribution is -2.30. The number of hydrogen-bond donors (Lipinski definition) is 3. The highest BCUT2D eigenvalue weighted by molar-refractivity contribution is 7.18. The molecule has 2 aromatic rings. The topological polar surface area (TPSA) is 112 Å². The third-order valence-corrected chi connectivity index (χ3v) is 4.34. The van der Waals surface area contributed by atoms with Gasteiger partial charge in [0.1, 0.15) is 23.0 Å². The average Bonchev–Trinajstić information content (AvgIpc) is 2.70. The number of rotatable bonds is 6. The Morgan fingerprint density at radius 3 is 2.67 bits per heavy atom. The molecule has 0 aliphatic rings. The van der Waals surface area contributed by atoms with Crippen LogP contribution in [0.25, 0.3) is 10.2 Å². The highest BCUT2D eigenvalue weighted by Gasteiger charge is 2.21. The van der Waals surface area contributed by atoms with Crippen molar-refractivity contribution in [2.75, 3.05) is 5.32 Å². The van der Waals surface area contributed by atoms with Gasteiger partial charge in [-0.05, 0) is 25.8 Å². The van der Waals surface area contributed by atoms with Gasteiger partial charge in [0.2, 0.25) is 0 Å². The molecule has 112 valence electrons. The summed E-state index contributed by atoms with van der Waals surface area (Å²) in [6.45, 7) is 3.89. The van der Waals surface area contributed by atoms with Crippen molar-refractivity contribution in [1.29, 1.82) is 0 Å². The third kappa shape index (κ3) is 3.27. The number of nitrogens with one attached hydrogen (secondary N) is 1. The second kappa shape index (κ2) is 6.04. The van der Waals surface area contributed by atoms with Crippen LogP contribution in [0.4, 0.5) is 5.82 Å². The van der Waals surface area contributed by atoms with Crippen LogP contribution in [0.15, 0.2) is 6.33 Å². The summed E-state index contributed by atoms with van der Waals surface area (Å²) < 4.78 is 0. The summed E-state index contributed by atoms with van der Waals surface area (Å²) in [5.41, 5.74) is 1.00. The van der Waals surface area contributed by atoms with E-state index < -0.39 is 18.0 Å². The molecular formula is C13H15N3O4S. The molecular weight excluding hydrogens is 294 g/mol. The number of carboxylic acids is 2. The summed E-state index contributed by atoms with van der Waals surface area (Å²) in [4.78, 5) is 32.0. The van der Waals surface area contributed by atoms with Gasteiger partial charge in [-0.1, -0.05) is 0 Å². The van der Waals surface area contributed by atoms with Crippen LogP contribution in [0.1, 0.15) is 23.3 Å². The van der Waals surface area contributed by atoms with Gasteiger partial charge in [0.15, 0.2) is 0 Å². The lowest BCUT2D eigenvalue weighted by Gasteiger charge is -2.14. The summed E-state index contributed by atoms with van der Waals surface area (Å²) in [6.07, 6.45) is 1.13. The number of aromatic nitrogens is 2. The molecule has 0 unspecified atom stereocenters. The van der Waals surface area contributed by atoms with Crippen molar-refractivity contribution < 1.29 is 19.8 Å². The zero-order valence-electron chi connectivity index (χ0n) is 11.6. The van der Waals surface area contributed by atoms with Gasteiger partial charge in [0.05, 0.1) is 5.39 Å². The lowest BCUT2D eigenvalue weighted by atomic mass is 10.1. The van der Waals surface area contributed by atoms with Crippen LogP contribution in [0.5, 0.6) is 0 Å². The van der Waals surface area contributed by atoms with Crippen molar-refractivity contribution in [1.82, 2.24) is 9.97 Å². The van der Waals surface area contributed by atoms with Gasteiger partial charge in [-0.15, -0.1) is 11.3 Å². The van der Waals surface area contributed by atoms with Gasteiger partial charge in [-0.25, -0.2) is 14.8 Å². The number of fused-ring (bicyclic) bond motifs is 1. The standard InChI is InChI=1S/C13H15N3O4S/c1-6-7(2)21-12-10(6)11(14-5-15-12)16-8(13(19)20)3-4-9(17)18/h5,8H,3-4H2,1-2H3,(H,17,18)(H,19,20)(H,14,15,16)/t8-/m0/s1. The molecule has 2 rings (SSSR count). The Labute approximate surface area is 124 Å². The number of carbonyl (C=O) groups is 2. The van der Waals surface area contributed by atoms with E-state index in [2.05, 4.69) is 15.3 Å². The van der Waals surface area contributed by atoms with Crippen molar-refractivity contribution in [3.05, 3.63) is 16.8 Å². The first kappa shape index (κ1) is 15.2. The zero-order chi connectivity index (χ0) is 15.6. The van der Waals surface area contributed by atoms with Crippen LogP contribution >= 0.6 is 11.3 Å². The number of hydrogen-bond acceptors (Lipinski definition) is 6. The van der Waals surface area contributed by atoms with Crippen molar-refractivity contribution >= 4 is 39.3 Å². The Morgan fingerprint density at radius 2 is 2.05 bits per heavy atom. The summed E-state index contributed by atoms with van der Waals surface area (Å²) in [5, 5.41) is 21.5. The maximum atomic E-state index is 11.2. The Hall–Kier alpha value is -2.22. The molecule has 0 spiro atoms. The van der Waals surface area contributed by atoms with Gasteiger partial charge in [-0.2, -0.15) is 0 Å². The Morgan fingerprint density at radius 1 is 1.33 bits per heavy atom. The van der Waals surface area contributed by atoms with Crippen LogP contribution in [0.3, 0.4) is 0 Å². The van der Waals surface area contributed by atoms with E-state index in [1.54, 1.807) is 0 Å². The third-order valence-electron chi connectivity index (χ3n) is 3.22. The van der Waals surface area contributed by atoms with Crippen LogP contribution in [0, 0.1) is 13.8 Å². The molecule has 3 N–H and O–H groups in total. The molecule has 0 amide bonds. The van der Waals surface area contributed by atoms with E-state index >= 15 is 0 Å². The molecule has 0 aliphatic heterocycles. The highest BCUT2D eigenvalue weighted by Crippen LogP contribution is 2.32. The molecule has 1 atom stereocenters. The monoisotopic (exact) mass is 309 g/mol. The molecule has 21 heavy (non-hydrogen) atoms. The number of aliphatic carboxylic acids is 2. The Kier molecular flexibility index (Phi) is 4.37. The minimum absolute atomic E-state index is 0.0155. The molecule has 0 fully saturated rings. The largest absolute Gasteiger partial charge is 0.481 e. The zero-order valence-corrected chi connectivity index (χ0v) is 12.4. The first-order valence-electron chi connectivity index (χ1n) is 6.32. The first-order chi connectivity index (χ1) is 9.90. The minimum atomic E-state index is -1.10. The molecule has 0 saturated heterocycles. The van der Waals surface area contributed by atoms with E-state index in [0.717, 1.165) is 20.7 Å². The van der Waals surface area contributed by atoms with E-state index in [1.807, 2.05) is 13.8 Å². The van der Waals surface area contributed by atoms with Gasteiger partial charge in [0.25, 0.3) is 0 Å². The fourth-order valence-corrected chi connectivity index (χ4v) is 2.98. The maximum absolute atomic E-state index is 11.2. The predicted octanol–water partition coefficient (Wildman–Crippen LogP) is 2.04. The molecule has 7 nitrogen and oxygen atoms in total. The maximum Gasteiger partial charge on any atom is 0.326 e. The van der Waals surface area contributed by atoms with E-state index in [0.29, 0.717) is 5.82 Å². The van der Waals surface area contributed by atoms with Crippen molar-refractivity contribution in [3.8, 4) is 0 Å². The molecule has 2 heterocycles. The predicted molar refractivity (Wildman–Crippen MR) is 78.8 cm³/mol. The van der Waals surface area contributed by atoms with Crippen LogP contribution < -0.4 is 5.32 Å². The van der Waals surface area contributed by atoms with E-state index in [9.17, 15) is 14.7 Å². The minimum Gasteiger partial charge on any atom is -0.481 e. The van der Waals surface area contributed by atoms with Crippen molar-refractivity contribution in [3.63, 3.8) is 0 Å². The molecule has 0 saturated carbocycles. The number of thiophene rings is 1. The van der Waals surface area contributed by atoms with Crippen LogP contribution in [0.2, 0.25) is 0 Å². The summed E-state index contributed by atoms with van der Waals surface area (Å²) in [6, 6.07) is -1.00. The summed E-state index contributed by atoms with van der Waals surface area (Å²) >= 11 is 1.51. The van der Waals surface area contributed by atoms with Gasteiger partial charge < -0.3 is 15.5 Å². The highest BCUT2D eigenvalue weighted by atomic mass is 32.1. The van der Waals surface area contributed by atoms with Gasteiger partial charge in [0, 0.05) is 11.3 Å². The number of carboxylic acid groups (broad SMARTS) is 2. The second-order valence-corrected chi connectivity index (χ2v) is 5.86. The smallest absolute Gasteiger partial charge is 0.326 e. The second-order valence-electron chi connectivity index (χ2n) is 4.65. The number of nitrogens with zero attached hydrogens (tertiary/aromatic N) is 2. The normalized spacial score (nSPS) is 12.3. The molecule has 0 radical (unpaired) electrons. The Balaban J connectivity index is 2.32. The lowest BCUT2D eigenvalue weighted by molar-refractivity contribution is -0.139. The van der Waals surface area contributed by atoms with Crippen LogP contribution in [-0.2, 0) is 9.59 Å². The van der Waals surface area contributed by atoms with E-state index in [4.69, 9.17) is 5.11 Å². The number of anilines is 1. The molecule has 0 aliphatic carbocycles. The van der Waals surface area contributed by atoms with Crippen molar-refractivity contribution in [2.45, 2.75) is 32.7 Å². The van der Waals surface area contributed by atoms with Crippen LogP contribution in [-0.4, -0.2) is 38.2 Å². The molecule has 8 heteroatoms. The Bertz CT molecular complexity index is 698. The SMILES string of the molecule is Cc1sc2ncnc(N[C@@H](CCC(=O)O)C(=O)O)c2c1C. The van der Waals surface area contributed by atoms with E-state index in [-0.39, 0.29) is 12.8 Å². The summed E-state index contributed by atoms with van der Waals surface area (Å²) in [7, 11) is 0.